The van der Waals surface area contributed by atoms with E-state index in [0.717, 1.165) is 32.4 Å². The summed E-state index contributed by atoms with van der Waals surface area (Å²) < 4.78 is 0. The van der Waals surface area contributed by atoms with E-state index in [1.54, 1.807) is 0 Å². The zero-order valence-electron chi connectivity index (χ0n) is 12.9. The van der Waals surface area contributed by atoms with E-state index in [-0.39, 0.29) is 17.9 Å². The van der Waals surface area contributed by atoms with Gasteiger partial charge >= 0.3 is 0 Å². The van der Waals surface area contributed by atoms with E-state index in [4.69, 9.17) is 0 Å². The van der Waals surface area contributed by atoms with E-state index in [2.05, 4.69) is 10.6 Å². The molecule has 0 aromatic rings. The number of amides is 2. The van der Waals surface area contributed by atoms with Crippen LogP contribution >= 0.6 is 0 Å². The molecule has 1 aliphatic rings. The Morgan fingerprint density at radius 3 is 2.40 bits per heavy atom. The molecule has 5 nitrogen and oxygen atoms in total. The summed E-state index contributed by atoms with van der Waals surface area (Å²) in [7, 11) is 0. The van der Waals surface area contributed by atoms with Crippen molar-refractivity contribution in [3.8, 4) is 0 Å². The maximum atomic E-state index is 12.0. The lowest BCUT2D eigenvalue weighted by Crippen LogP contribution is -2.40. The summed E-state index contributed by atoms with van der Waals surface area (Å²) in [6.45, 7) is 6.71. The molecule has 1 fully saturated rings. The summed E-state index contributed by atoms with van der Waals surface area (Å²) in [6.07, 6.45) is 6.05. The van der Waals surface area contributed by atoms with Gasteiger partial charge in [-0.2, -0.15) is 0 Å². The molecular weight excluding hydrogens is 254 g/mol. The summed E-state index contributed by atoms with van der Waals surface area (Å²) in [5.74, 6) is 0.211. The van der Waals surface area contributed by atoms with Crippen LogP contribution in [0.2, 0.25) is 0 Å². The average molecular weight is 283 g/mol. The van der Waals surface area contributed by atoms with Crippen molar-refractivity contribution < 1.29 is 9.59 Å². The van der Waals surface area contributed by atoms with E-state index < -0.39 is 0 Å². The van der Waals surface area contributed by atoms with Gasteiger partial charge in [-0.1, -0.05) is 19.8 Å². The molecule has 0 radical (unpaired) electrons. The Morgan fingerprint density at radius 1 is 1.15 bits per heavy atom. The molecule has 2 N–H and O–H groups in total. The average Bonchev–Trinajstić information content (AvgIpc) is 2.72. The van der Waals surface area contributed by atoms with Crippen LogP contribution in [0.5, 0.6) is 0 Å². The van der Waals surface area contributed by atoms with Crippen LogP contribution in [-0.2, 0) is 9.59 Å². The first kappa shape index (κ1) is 17.0. The summed E-state index contributed by atoms with van der Waals surface area (Å²) >= 11 is 0. The number of nitrogens with one attached hydrogen (secondary N) is 2. The van der Waals surface area contributed by atoms with Crippen molar-refractivity contribution in [1.29, 1.82) is 0 Å². The minimum Gasteiger partial charge on any atom is -0.354 e. The number of likely N-dealkylation sites (tertiary alicyclic amines) is 1. The SMILES string of the molecule is CCC(C)NC(=O)CCNCC(=O)N1CCCCCC1. The Kier molecular flexibility index (Phi) is 8.26. The molecule has 2 amide bonds. The molecule has 1 aliphatic heterocycles. The van der Waals surface area contributed by atoms with Gasteiger partial charge in [-0.05, 0) is 26.2 Å². The molecule has 1 heterocycles. The molecule has 116 valence electrons. The van der Waals surface area contributed by atoms with E-state index in [9.17, 15) is 9.59 Å². The third-order valence-corrected chi connectivity index (χ3v) is 3.78. The Hall–Kier alpha value is -1.10. The number of hydrogen-bond acceptors (Lipinski definition) is 3. The summed E-state index contributed by atoms with van der Waals surface area (Å²) in [4.78, 5) is 25.5. The molecule has 1 unspecified atom stereocenters. The van der Waals surface area contributed by atoms with Gasteiger partial charge in [0, 0.05) is 32.1 Å². The molecule has 1 saturated heterocycles. The topological polar surface area (TPSA) is 61.4 Å². The number of rotatable bonds is 7. The number of carbonyl (C=O) groups is 2. The Labute approximate surface area is 122 Å². The van der Waals surface area contributed by atoms with Gasteiger partial charge in [0.1, 0.15) is 0 Å². The van der Waals surface area contributed by atoms with Crippen LogP contribution in [0.3, 0.4) is 0 Å². The Balaban J connectivity index is 2.10. The van der Waals surface area contributed by atoms with Gasteiger partial charge in [0.05, 0.1) is 6.54 Å². The summed E-state index contributed by atoms with van der Waals surface area (Å²) in [5.41, 5.74) is 0. The van der Waals surface area contributed by atoms with Gasteiger partial charge in [0.15, 0.2) is 0 Å². The van der Waals surface area contributed by atoms with Crippen molar-refractivity contribution in [2.45, 2.75) is 58.4 Å². The normalized spacial score (nSPS) is 17.4. The standard InChI is InChI=1S/C15H29N3O2/c1-3-13(2)17-14(19)8-9-16-12-15(20)18-10-6-4-5-7-11-18/h13,16H,3-12H2,1-2H3,(H,17,19). The van der Waals surface area contributed by atoms with Crippen LogP contribution in [0, 0.1) is 0 Å². The predicted octanol–water partition coefficient (Wildman–Crippen LogP) is 1.28. The molecule has 1 atom stereocenters. The largest absolute Gasteiger partial charge is 0.354 e. The van der Waals surface area contributed by atoms with Crippen LogP contribution in [0.15, 0.2) is 0 Å². The fourth-order valence-corrected chi connectivity index (χ4v) is 2.28. The molecular formula is C15H29N3O2. The first-order valence-electron chi connectivity index (χ1n) is 7.91. The van der Waals surface area contributed by atoms with E-state index >= 15 is 0 Å². The summed E-state index contributed by atoms with van der Waals surface area (Å²) in [6, 6.07) is 0.223. The molecule has 0 aliphatic carbocycles. The number of carbonyl (C=O) groups excluding carboxylic acids is 2. The minimum atomic E-state index is 0.0501. The molecule has 0 aromatic carbocycles. The maximum absolute atomic E-state index is 12.0. The van der Waals surface area contributed by atoms with Gasteiger partial charge in [-0.25, -0.2) is 0 Å². The van der Waals surface area contributed by atoms with Crippen LogP contribution in [0.4, 0.5) is 0 Å². The second kappa shape index (κ2) is 9.75. The van der Waals surface area contributed by atoms with Gasteiger partial charge in [0.25, 0.3) is 0 Å². The second-order valence-corrected chi connectivity index (χ2v) is 5.60. The van der Waals surface area contributed by atoms with Crippen molar-refractivity contribution in [2.75, 3.05) is 26.2 Å². The predicted molar refractivity (Wildman–Crippen MR) is 80.4 cm³/mol. The van der Waals surface area contributed by atoms with Crippen LogP contribution < -0.4 is 10.6 Å². The van der Waals surface area contributed by atoms with E-state index in [1.807, 2.05) is 18.7 Å². The van der Waals surface area contributed by atoms with Crippen molar-refractivity contribution in [3.63, 3.8) is 0 Å². The van der Waals surface area contributed by atoms with Crippen LogP contribution in [0.1, 0.15) is 52.4 Å². The fourth-order valence-electron chi connectivity index (χ4n) is 2.28. The highest BCUT2D eigenvalue weighted by Gasteiger charge is 2.14. The zero-order valence-corrected chi connectivity index (χ0v) is 12.9. The third kappa shape index (κ3) is 6.89. The van der Waals surface area contributed by atoms with Gasteiger partial charge < -0.3 is 15.5 Å². The lowest BCUT2D eigenvalue weighted by Gasteiger charge is -2.20. The zero-order chi connectivity index (χ0) is 14.8. The molecule has 0 bridgehead atoms. The van der Waals surface area contributed by atoms with Crippen molar-refractivity contribution in [3.05, 3.63) is 0 Å². The molecule has 0 saturated carbocycles. The molecule has 5 heteroatoms. The number of hydrogen-bond donors (Lipinski definition) is 2. The van der Waals surface area contributed by atoms with Gasteiger partial charge in [0.2, 0.25) is 11.8 Å². The Bertz CT molecular complexity index is 299. The van der Waals surface area contributed by atoms with E-state index in [1.165, 1.54) is 12.8 Å². The van der Waals surface area contributed by atoms with Crippen LogP contribution in [-0.4, -0.2) is 48.9 Å². The lowest BCUT2D eigenvalue weighted by atomic mass is 10.2. The second-order valence-electron chi connectivity index (χ2n) is 5.60. The lowest BCUT2D eigenvalue weighted by molar-refractivity contribution is -0.130. The molecule has 0 spiro atoms. The monoisotopic (exact) mass is 283 g/mol. The highest BCUT2D eigenvalue weighted by atomic mass is 16.2. The highest BCUT2D eigenvalue weighted by molar-refractivity contribution is 5.78. The highest BCUT2D eigenvalue weighted by Crippen LogP contribution is 2.09. The first-order valence-corrected chi connectivity index (χ1v) is 7.91. The van der Waals surface area contributed by atoms with Gasteiger partial charge in [-0.15, -0.1) is 0 Å². The van der Waals surface area contributed by atoms with Crippen molar-refractivity contribution in [1.82, 2.24) is 15.5 Å². The van der Waals surface area contributed by atoms with Crippen molar-refractivity contribution in [2.24, 2.45) is 0 Å². The minimum absolute atomic E-state index is 0.0501. The smallest absolute Gasteiger partial charge is 0.236 e. The molecule has 1 rings (SSSR count). The van der Waals surface area contributed by atoms with E-state index in [0.29, 0.717) is 19.5 Å². The Morgan fingerprint density at radius 2 is 1.80 bits per heavy atom. The third-order valence-electron chi connectivity index (χ3n) is 3.78. The summed E-state index contributed by atoms with van der Waals surface area (Å²) in [5, 5.41) is 5.99. The maximum Gasteiger partial charge on any atom is 0.236 e. The number of nitrogens with zero attached hydrogens (tertiary/aromatic N) is 1. The van der Waals surface area contributed by atoms with Crippen LogP contribution in [0.25, 0.3) is 0 Å². The van der Waals surface area contributed by atoms with Crippen molar-refractivity contribution >= 4 is 11.8 Å². The molecule has 0 aromatic heterocycles. The quantitative estimate of drug-likeness (QED) is 0.692. The fraction of sp³-hybridized carbons (Fsp3) is 0.867. The molecule has 20 heavy (non-hydrogen) atoms. The van der Waals surface area contributed by atoms with Gasteiger partial charge in [-0.3, -0.25) is 9.59 Å². The first-order chi connectivity index (χ1) is 9.63.